The van der Waals surface area contributed by atoms with Crippen LogP contribution in [0.4, 0.5) is 5.69 Å². The number of para-hydroxylation sites is 1. The fourth-order valence-electron chi connectivity index (χ4n) is 3.53. The van der Waals surface area contributed by atoms with Crippen LogP contribution < -0.4 is 10.6 Å². The van der Waals surface area contributed by atoms with Gasteiger partial charge in [-0.2, -0.15) is 0 Å². The zero-order chi connectivity index (χ0) is 15.1. The van der Waals surface area contributed by atoms with Gasteiger partial charge in [-0.1, -0.05) is 44.9 Å². The average Bonchev–Trinajstić information content (AvgIpc) is 2.92. The Morgan fingerprint density at radius 1 is 1.19 bits per heavy atom. The van der Waals surface area contributed by atoms with Crippen molar-refractivity contribution in [3.63, 3.8) is 0 Å². The molecule has 3 heteroatoms. The van der Waals surface area contributed by atoms with Crippen molar-refractivity contribution in [2.24, 2.45) is 11.3 Å². The molecule has 1 aliphatic rings. The number of hydrogen-bond donors (Lipinski definition) is 2. The van der Waals surface area contributed by atoms with Crippen LogP contribution >= 0.6 is 0 Å². The smallest absolute Gasteiger partial charge is 0.239 e. The molecule has 0 aromatic heterocycles. The second kappa shape index (κ2) is 7.48. The number of nitrogens with one attached hydrogen (secondary N) is 2. The van der Waals surface area contributed by atoms with E-state index in [4.69, 9.17) is 0 Å². The summed E-state index contributed by atoms with van der Waals surface area (Å²) in [5.74, 6) is 0.788. The second-order valence-electron chi connectivity index (χ2n) is 6.80. The standard InChI is InChI=1S/C18H28N2O/c1-15(2)12-18(10-6-7-11-18)14-20-17(21)13-19-16-8-4-3-5-9-16/h3-5,8-9,15,19H,6-7,10-14H2,1-2H3,(H,20,21). The second-order valence-corrected chi connectivity index (χ2v) is 6.80. The summed E-state index contributed by atoms with van der Waals surface area (Å²) >= 11 is 0. The maximum atomic E-state index is 12.0. The number of carbonyl (C=O) groups excluding carboxylic acids is 1. The van der Waals surface area contributed by atoms with Crippen molar-refractivity contribution >= 4 is 11.6 Å². The lowest BCUT2D eigenvalue weighted by atomic mass is 9.78. The molecule has 21 heavy (non-hydrogen) atoms. The number of hydrogen-bond acceptors (Lipinski definition) is 2. The molecule has 0 saturated heterocycles. The van der Waals surface area contributed by atoms with Crippen LogP contribution in [-0.2, 0) is 4.79 Å². The van der Waals surface area contributed by atoms with Crippen LogP contribution in [0.2, 0.25) is 0 Å². The molecule has 0 heterocycles. The minimum Gasteiger partial charge on any atom is -0.376 e. The summed E-state index contributed by atoms with van der Waals surface area (Å²) in [5.41, 5.74) is 1.33. The van der Waals surface area contributed by atoms with Gasteiger partial charge in [-0.05, 0) is 42.7 Å². The zero-order valence-corrected chi connectivity index (χ0v) is 13.3. The summed E-state index contributed by atoms with van der Waals surface area (Å²) in [4.78, 5) is 12.0. The molecule has 0 aliphatic heterocycles. The first-order valence-electron chi connectivity index (χ1n) is 8.15. The molecule has 116 valence electrons. The Bertz CT molecular complexity index is 436. The number of benzene rings is 1. The molecule has 1 aliphatic carbocycles. The molecule has 0 unspecified atom stereocenters. The topological polar surface area (TPSA) is 41.1 Å². The van der Waals surface area contributed by atoms with Gasteiger partial charge in [-0.3, -0.25) is 4.79 Å². The Labute approximate surface area is 128 Å². The highest BCUT2D eigenvalue weighted by atomic mass is 16.1. The molecule has 2 N–H and O–H groups in total. The molecule has 0 atom stereocenters. The highest BCUT2D eigenvalue weighted by Gasteiger charge is 2.34. The average molecular weight is 288 g/mol. The molecule has 1 amide bonds. The van der Waals surface area contributed by atoms with Gasteiger partial charge >= 0.3 is 0 Å². The van der Waals surface area contributed by atoms with Gasteiger partial charge in [-0.25, -0.2) is 0 Å². The summed E-state index contributed by atoms with van der Waals surface area (Å²) in [5, 5.41) is 6.30. The first-order valence-corrected chi connectivity index (χ1v) is 8.15. The maximum Gasteiger partial charge on any atom is 0.239 e. The molecule has 1 fully saturated rings. The predicted molar refractivity (Wildman–Crippen MR) is 88.3 cm³/mol. The van der Waals surface area contributed by atoms with Crippen LogP contribution in [-0.4, -0.2) is 19.0 Å². The summed E-state index contributed by atoms with van der Waals surface area (Å²) in [6.45, 7) is 5.74. The lowest BCUT2D eigenvalue weighted by molar-refractivity contribution is -0.120. The summed E-state index contributed by atoms with van der Waals surface area (Å²) in [6, 6.07) is 9.86. The van der Waals surface area contributed by atoms with Gasteiger partial charge in [0.2, 0.25) is 5.91 Å². The molecule has 1 aromatic rings. The molecule has 1 saturated carbocycles. The highest BCUT2D eigenvalue weighted by Crippen LogP contribution is 2.42. The van der Waals surface area contributed by atoms with Crippen LogP contribution in [0.25, 0.3) is 0 Å². The summed E-state index contributed by atoms with van der Waals surface area (Å²) in [7, 11) is 0. The third-order valence-corrected chi connectivity index (χ3v) is 4.39. The predicted octanol–water partition coefficient (Wildman–Crippen LogP) is 3.82. The lowest BCUT2D eigenvalue weighted by Crippen LogP contribution is -2.39. The number of amides is 1. The summed E-state index contributed by atoms with van der Waals surface area (Å²) in [6.07, 6.45) is 6.37. The summed E-state index contributed by atoms with van der Waals surface area (Å²) < 4.78 is 0. The van der Waals surface area contributed by atoms with E-state index in [1.807, 2.05) is 30.3 Å². The van der Waals surface area contributed by atoms with Gasteiger partial charge in [0.05, 0.1) is 6.54 Å². The van der Waals surface area contributed by atoms with E-state index in [0.29, 0.717) is 17.9 Å². The SMILES string of the molecule is CC(C)CC1(CNC(=O)CNc2ccccc2)CCCC1. The Balaban J connectivity index is 1.77. The van der Waals surface area contributed by atoms with Crippen LogP contribution in [0.5, 0.6) is 0 Å². The van der Waals surface area contributed by atoms with Crippen LogP contribution in [0.3, 0.4) is 0 Å². The fourth-order valence-corrected chi connectivity index (χ4v) is 3.53. The van der Waals surface area contributed by atoms with E-state index < -0.39 is 0 Å². The molecule has 2 rings (SSSR count). The van der Waals surface area contributed by atoms with Crippen molar-refractivity contribution in [2.75, 3.05) is 18.4 Å². The quantitative estimate of drug-likeness (QED) is 0.801. The monoisotopic (exact) mass is 288 g/mol. The third kappa shape index (κ3) is 5.07. The van der Waals surface area contributed by atoms with E-state index in [1.54, 1.807) is 0 Å². The zero-order valence-electron chi connectivity index (χ0n) is 13.3. The maximum absolute atomic E-state index is 12.0. The van der Waals surface area contributed by atoms with E-state index >= 15 is 0 Å². The molecular weight excluding hydrogens is 260 g/mol. The Morgan fingerprint density at radius 2 is 1.86 bits per heavy atom. The highest BCUT2D eigenvalue weighted by molar-refractivity contribution is 5.80. The third-order valence-electron chi connectivity index (χ3n) is 4.39. The van der Waals surface area contributed by atoms with E-state index in [-0.39, 0.29) is 5.91 Å². The minimum atomic E-state index is 0.0916. The largest absolute Gasteiger partial charge is 0.376 e. The van der Waals surface area contributed by atoms with Gasteiger partial charge in [0.25, 0.3) is 0 Å². The Hall–Kier alpha value is -1.51. The van der Waals surface area contributed by atoms with Crippen molar-refractivity contribution in [1.82, 2.24) is 5.32 Å². The molecular formula is C18H28N2O. The number of rotatable bonds is 7. The fraction of sp³-hybridized carbons (Fsp3) is 0.611. The number of carbonyl (C=O) groups is 1. The van der Waals surface area contributed by atoms with Crippen molar-refractivity contribution in [2.45, 2.75) is 46.0 Å². The van der Waals surface area contributed by atoms with Gasteiger partial charge in [-0.15, -0.1) is 0 Å². The Morgan fingerprint density at radius 3 is 2.48 bits per heavy atom. The van der Waals surface area contributed by atoms with Crippen LogP contribution in [0, 0.1) is 11.3 Å². The lowest BCUT2D eigenvalue weighted by Gasteiger charge is -2.31. The minimum absolute atomic E-state index is 0.0916. The van der Waals surface area contributed by atoms with Crippen molar-refractivity contribution in [3.05, 3.63) is 30.3 Å². The van der Waals surface area contributed by atoms with Gasteiger partial charge in [0.15, 0.2) is 0 Å². The van der Waals surface area contributed by atoms with Gasteiger partial charge in [0, 0.05) is 12.2 Å². The van der Waals surface area contributed by atoms with Crippen molar-refractivity contribution < 1.29 is 4.79 Å². The van der Waals surface area contributed by atoms with E-state index in [1.165, 1.54) is 32.1 Å². The van der Waals surface area contributed by atoms with E-state index in [9.17, 15) is 4.79 Å². The van der Waals surface area contributed by atoms with Gasteiger partial charge in [0.1, 0.15) is 0 Å². The van der Waals surface area contributed by atoms with Crippen LogP contribution in [0.15, 0.2) is 30.3 Å². The number of anilines is 1. The molecule has 0 spiro atoms. The van der Waals surface area contributed by atoms with E-state index in [0.717, 1.165) is 12.2 Å². The first kappa shape index (κ1) is 15.9. The first-order chi connectivity index (χ1) is 10.1. The van der Waals surface area contributed by atoms with Crippen molar-refractivity contribution in [3.8, 4) is 0 Å². The molecule has 0 bridgehead atoms. The van der Waals surface area contributed by atoms with Crippen LogP contribution in [0.1, 0.15) is 46.0 Å². The normalized spacial score (nSPS) is 16.9. The molecule has 1 aromatic carbocycles. The van der Waals surface area contributed by atoms with Crippen molar-refractivity contribution in [1.29, 1.82) is 0 Å². The van der Waals surface area contributed by atoms with E-state index in [2.05, 4.69) is 24.5 Å². The molecule has 0 radical (unpaired) electrons. The molecule has 3 nitrogen and oxygen atoms in total. The Kier molecular flexibility index (Phi) is 5.66. The van der Waals surface area contributed by atoms with Gasteiger partial charge < -0.3 is 10.6 Å².